The molecule has 0 spiro atoms. The zero-order chi connectivity index (χ0) is 8.55. The van der Waals surface area contributed by atoms with Crippen LogP contribution in [0.15, 0.2) is 18.5 Å². The van der Waals surface area contributed by atoms with Crippen LogP contribution in [0.1, 0.15) is 17.9 Å². The van der Waals surface area contributed by atoms with Crippen molar-refractivity contribution in [1.29, 1.82) is 0 Å². The fourth-order valence-corrected chi connectivity index (χ4v) is 1.23. The van der Waals surface area contributed by atoms with Crippen molar-refractivity contribution in [3.8, 4) is 0 Å². The summed E-state index contributed by atoms with van der Waals surface area (Å²) in [5, 5.41) is 8.01. The first-order valence-electron chi connectivity index (χ1n) is 3.74. The summed E-state index contributed by atoms with van der Waals surface area (Å²) >= 11 is 4.30. The topological polar surface area (TPSA) is 41.6 Å². The third kappa shape index (κ3) is 1.18. The first-order chi connectivity index (χ1) is 5.77. The Morgan fingerprint density at radius 3 is 3.08 bits per heavy atom. The van der Waals surface area contributed by atoms with E-state index >= 15 is 0 Å². The summed E-state index contributed by atoms with van der Waals surface area (Å²) in [7, 11) is 0. The van der Waals surface area contributed by atoms with Crippen LogP contribution in [0.25, 0.3) is 10.9 Å². The van der Waals surface area contributed by atoms with Crippen molar-refractivity contribution in [2.75, 3.05) is 0 Å². The minimum Gasteiger partial charge on any atom is -0.276 e. The predicted molar refractivity (Wildman–Crippen MR) is 51.3 cm³/mol. The van der Waals surface area contributed by atoms with Gasteiger partial charge in [0.05, 0.1) is 23.6 Å². The van der Waals surface area contributed by atoms with E-state index in [-0.39, 0.29) is 5.25 Å². The average molecular weight is 179 g/mol. The van der Waals surface area contributed by atoms with Gasteiger partial charge in [-0.05, 0) is 13.0 Å². The second kappa shape index (κ2) is 2.79. The lowest BCUT2D eigenvalue weighted by Crippen LogP contribution is -1.88. The molecule has 2 aromatic rings. The number of hydrogen-bond donors (Lipinski definition) is 2. The molecule has 4 heteroatoms. The Morgan fingerprint density at radius 2 is 2.33 bits per heavy atom. The molecule has 0 aliphatic carbocycles. The standard InChI is InChI=1S/C8H9N3S/c1-5(12)7-2-6-3-10-11-8(6)4-9-7/h2-5,12H,1H3,(H,10,11). The number of rotatable bonds is 1. The monoisotopic (exact) mass is 179 g/mol. The molecule has 2 rings (SSSR count). The van der Waals surface area contributed by atoms with E-state index in [1.165, 1.54) is 0 Å². The lowest BCUT2D eigenvalue weighted by atomic mass is 10.2. The number of nitrogens with one attached hydrogen (secondary N) is 1. The van der Waals surface area contributed by atoms with Gasteiger partial charge in [-0.25, -0.2) is 0 Å². The van der Waals surface area contributed by atoms with E-state index in [9.17, 15) is 0 Å². The van der Waals surface area contributed by atoms with Gasteiger partial charge in [-0.3, -0.25) is 10.1 Å². The van der Waals surface area contributed by atoms with Crippen LogP contribution in [0.5, 0.6) is 0 Å². The van der Waals surface area contributed by atoms with Crippen LogP contribution in [-0.2, 0) is 0 Å². The van der Waals surface area contributed by atoms with Crippen LogP contribution in [0, 0.1) is 0 Å². The van der Waals surface area contributed by atoms with Gasteiger partial charge < -0.3 is 0 Å². The first-order valence-corrected chi connectivity index (χ1v) is 4.26. The number of pyridine rings is 1. The van der Waals surface area contributed by atoms with E-state index in [0.29, 0.717) is 0 Å². The average Bonchev–Trinajstić information content (AvgIpc) is 2.49. The Balaban J connectivity index is 2.60. The quantitative estimate of drug-likeness (QED) is 0.657. The van der Waals surface area contributed by atoms with Gasteiger partial charge >= 0.3 is 0 Å². The minimum absolute atomic E-state index is 0.171. The molecule has 0 fully saturated rings. The van der Waals surface area contributed by atoms with Gasteiger partial charge in [0.2, 0.25) is 0 Å². The first kappa shape index (κ1) is 7.61. The summed E-state index contributed by atoms with van der Waals surface area (Å²) in [5.74, 6) is 0. The van der Waals surface area contributed by atoms with E-state index < -0.39 is 0 Å². The van der Waals surface area contributed by atoms with Gasteiger partial charge in [0.15, 0.2) is 0 Å². The molecule has 2 heterocycles. The van der Waals surface area contributed by atoms with Crippen LogP contribution < -0.4 is 0 Å². The highest BCUT2D eigenvalue weighted by molar-refractivity contribution is 7.80. The second-order valence-electron chi connectivity index (χ2n) is 2.74. The molecule has 2 aromatic heterocycles. The van der Waals surface area contributed by atoms with Gasteiger partial charge in [0.25, 0.3) is 0 Å². The third-order valence-electron chi connectivity index (χ3n) is 1.77. The van der Waals surface area contributed by atoms with Gasteiger partial charge in [-0.2, -0.15) is 17.7 Å². The molecule has 1 atom stereocenters. The molecule has 1 unspecified atom stereocenters. The van der Waals surface area contributed by atoms with Gasteiger partial charge in [-0.1, -0.05) is 0 Å². The van der Waals surface area contributed by atoms with Crippen molar-refractivity contribution >= 4 is 23.5 Å². The zero-order valence-corrected chi connectivity index (χ0v) is 7.55. The van der Waals surface area contributed by atoms with Crippen molar-refractivity contribution in [2.45, 2.75) is 12.2 Å². The smallest absolute Gasteiger partial charge is 0.0833 e. The molecule has 0 saturated heterocycles. The maximum absolute atomic E-state index is 4.30. The molecular formula is C8H9N3S. The normalized spacial score (nSPS) is 13.5. The van der Waals surface area contributed by atoms with Gasteiger partial charge in [-0.15, -0.1) is 0 Å². The molecule has 0 aliphatic heterocycles. The highest BCUT2D eigenvalue weighted by Crippen LogP contribution is 2.19. The number of thiol groups is 1. The molecule has 0 aliphatic rings. The molecule has 0 radical (unpaired) electrons. The molecule has 0 saturated carbocycles. The van der Waals surface area contributed by atoms with E-state index in [2.05, 4.69) is 27.8 Å². The Morgan fingerprint density at radius 1 is 1.50 bits per heavy atom. The molecule has 0 aromatic carbocycles. The van der Waals surface area contributed by atoms with Gasteiger partial charge in [0, 0.05) is 10.6 Å². The summed E-state index contributed by atoms with van der Waals surface area (Å²) < 4.78 is 0. The molecule has 0 amide bonds. The van der Waals surface area contributed by atoms with Crippen LogP contribution in [0.3, 0.4) is 0 Å². The maximum atomic E-state index is 4.30. The fourth-order valence-electron chi connectivity index (χ4n) is 1.09. The van der Waals surface area contributed by atoms with Crippen molar-refractivity contribution in [1.82, 2.24) is 15.2 Å². The van der Waals surface area contributed by atoms with E-state index in [4.69, 9.17) is 0 Å². The van der Waals surface area contributed by atoms with E-state index in [1.54, 1.807) is 12.4 Å². The maximum Gasteiger partial charge on any atom is 0.0833 e. The Hall–Kier alpha value is -1.03. The second-order valence-corrected chi connectivity index (χ2v) is 3.52. The summed E-state index contributed by atoms with van der Waals surface area (Å²) in [6.45, 7) is 2.00. The Bertz CT molecular complexity index is 394. The SMILES string of the molecule is CC(S)c1cc2cn[nH]c2cn1. The highest BCUT2D eigenvalue weighted by Gasteiger charge is 2.02. The Labute approximate surface area is 75.6 Å². The van der Waals surface area contributed by atoms with E-state index in [1.807, 2.05) is 13.0 Å². The molecule has 1 N–H and O–H groups in total. The van der Waals surface area contributed by atoms with Crippen molar-refractivity contribution in [3.63, 3.8) is 0 Å². The lowest BCUT2D eigenvalue weighted by Gasteiger charge is -2.01. The summed E-state index contributed by atoms with van der Waals surface area (Å²) in [6, 6.07) is 2.00. The molecular weight excluding hydrogens is 170 g/mol. The van der Waals surface area contributed by atoms with Crippen LogP contribution >= 0.6 is 12.6 Å². The summed E-state index contributed by atoms with van der Waals surface area (Å²) in [4.78, 5) is 4.23. The molecule has 0 bridgehead atoms. The van der Waals surface area contributed by atoms with E-state index in [0.717, 1.165) is 16.6 Å². The number of aromatic nitrogens is 3. The Kier molecular flexibility index (Phi) is 1.77. The van der Waals surface area contributed by atoms with Crippen molar-refractivity contribution < 1.29 is 0 Å². The predicted octanol–water partition coefficient (Wildman–Crippen LogP) is 1.95. The number of H-pyrrole nitrogens is 1. The van der Waals surface area contributed by atoms with Gasteiger partial charge in [0.1, 0.15) is 0 Å². The molecule has 3 nitrogen and oxygen atoms in total. The summed E-state index contributed by atoms with van der Waals surface area (Å²) in [5.41, 5.74) is 1.94. The highest BCUT2D eigenvalue weighted by atomic mass is 32.1. The van der Waals surface area contributed by atoms with Crippen molar-refractivity contribution in [2.24, 2.45) is 0 Å². The molecule has 62 valence electrons. The number of aromatic amines is 1. The fraction of sp³-hybridized carbons (Fsp3) is 0.250. The van der Waals surface area contributed by atoms with Crippen LogP contribution in [0.2, 0.25) is 0 Å². The lowest BCUT2D eigenvalue weighted by molar-refractivity contribution is 1.02. The van der Waals surface area contributed by atoms with Crippen molar-refractivity contribution in [3.05, 3.63) is 24.2 Å². The van der Waals surface area contributed by atoms with Crippen LogP contribution in [-0.4, -0.2) is 15.2 Å². The summed E-state index contributed by atoms with van der Waals surface area (Å²) in [6.07, 6.45) is 3.57. The van der Waals surface area contributed by atoms with Crippen LogP contribution in [0.4, 0.5) is 0 Å². The third-order valence-corrected chi connectivity index (χ3v) is 2.04. The molecule has 12 heavy (non-hydrogen) atoms. The number of hydrogen-bond acceptors (Lipinski definition) is 3. The number of nitrogens with zero attached hydrogens (tertiary/aromatic N) is 2. The minimum atomic E-state index is 0.171. The number of fused-ring (bicyclic) bond motifs is 1. The largest absolute Gasteiger partial charge is 0.276 e. The zero-order valence-electron chi connectivity index (χ0n) is 6.65.